The van der Waals surface area contributed by atoms with Crippen LogP contribution < -0.4 is 0 Å². The zero-order valence-electron chi connectivity index (χ0n) is 11.5. The summed E-state index contributed by atoms with van der Waals surface area (Å²) in [4.78, 5) is 12.2. The highest BCUT2D eigenvalue weighted by atomic mass is 16.1. The van der Waals surface area contributed by atoms with Gasteiger partial charge in [0, 0.05) is 19.2 Å². The number of unbranched alkanes of at least 4 members (excludes halogenated alkanes) is 1. The van der Waals surface area contributed by atoms with Crippen molar-refractivity contribution in [1.82, 2.24) is 9.78 Å². The van der Waals surface area contributed by atoms with E-state index in [0.29, 0.717) is 12.3 Å². The summed E-state index contributed by atoms with van der Waals surface area (Å²) in [6.45, 7) is 6.32. The molecule has 3 heteroatoms. The molecule has 0 aliphatic rings. The number of nitrogens with zero attached hydrogens (tertiary/aromatic N) is 2. The van der Waals surface area contributed by atoms with Crippen molar-refractivity contribution >= 4 is 5.78 Å². The molecule has 0 fully saturated rings. The minimum Gasteiger partial charge on any atom is -0.294 e. The topological polar surface area (TPSA) is 34.9 Å². The van der Waals surface area contributed by atoms with E-state index in [1.165, 1.54) is 12.8 Å². The Labute approximate surface area is 104 Å². The molecule has 0 saturated carbocycles. The fraction of sp³-hybridized carbons (Fsp3) is 0.714. The van der Waals surface area contributed by atoms with Crippen LogP contribution in [-0.4, -0.2) is 15.6 Å². The molecule has 1 unspecified atom stereocenters. The van der Waals surface area contributed by atoms with Gasteiger partial charge in [-0.15, -0.1) is 0 Å². The Balaban J connectivity index is 2.61. The van der Waals surface area contributed by atoms with Crippen molar-refractivity contribution in [1.29, 1.82) is 0 Å². The van der Waals surface area contributed by atoms with Crippen LogP contribution in [0.5, 0.6) is 0 Å². The second-order valence-electron chi connectivity index (χ2n) is 4.81. The molecule has 1 rings (SSSR count). The molecular weight excluding hydrogens is 212 g/mol. The van der Waals surface area contributed by atoms with Crippen molar-refractivity contribution < 1.29 is 4.79 Å². The molecule has 3 nitrogen and oxygen atoms in total. The van der Waals surface area contributed by atoms with Crippen molar-refractivity contribution in [3.63, 3.8) is 0 Å². The quantitative estimate of drug-likeness (QED) is 0.679. The minimum atomic E-state index is 0.249. The minimum absolute atomic E-state index is 0.249. The lowest BCUT2D eigenvalue weighted by atomic mass is 9.92. The molecule has 0 amide bonds. The second kappa shape index (κ2) is 6.58. The van der Waals surface area contributed by atoms with Crippen LogP contribution in [0.15, 0.2) is 6.20 Å². The number of hydrogen-bond acceptors (Lipinski definition) is 2. The molecule has 96 valence electrons. The Kier molecular flexibility index (Phi) is 5.39. The number of rotatable bonds is 7. The van der Waals surface area contributed by atoms with Crippen LogP contribution in [0.2, 0.25) is 0 Å². The number of hydrogen-bond donors (Lipinski definition) is 0. The van der Waals surface area contributed by atoms with Crippen molar-refractivity contribution in [2.45, 2.75) is 52.9 Å². The fourth-order valence-electron chi connectivity index (χ4n) is 2.09. The molecule has 0 bridgehead atoms. The predicted molar refractivity (Wildman–Crippen MR) is 70.2 cm³/mol. The third-order valence-corrected chi connectivity index (χ3v) is 3.55. The van der Waals surface area contributed by atoms with Gasteiger partial charge in [0.15, 0.2) is 5.78 Å². The largest absolute Gasteiger partial charge is 0.294 e. The van der Waals surface area contributed by atoms with Gasteiger partial charge in [0.25, 0.3) is 0 Å². The molecule has 1 atom stereocenters. The predicted octanol–water partition coefficient (Wildman–Crippen LogP) is 3.52. The fourth-order valence-corrected chi connectivity index (χ4v) is 2.09. The average Bonchev–Trinajstić information content (AvgIpc) is 2.65. The van der Waals surface area contributed by atoms with Crippen molar-refractivity contribution in [2.75, 3.05) is 0 Å². The molecule has 0 radical (unpaired) electrons. The zero-order valence-corrected chi connectivity index (χ0v) is 11.5. The Morgan fingerprint density at radius 3 is 2.65 bits per heavy atom. The Hall–Kier alpha value is -1.12. The zero-order chi connectivity index (χ0) is 12.8. The maximum atomic E-state index is 12.2. The summed E-state index contributed by atoms with van der Waals surface area (Å²) in [5.41, 5.74) is 1.77. The number of carbonyl (C=O) groups is 1. The van der Waals surface area contributed by atoms with Crippen LogP contribution in [-0.2, 0) is 7.05 Å². The van der Waals surface area contributed by atoms with Crippen LogP contribution in [0.4, 0.5) is 0 Å². The first kappa shape index (κ1) is 13.9. The van der Waals surface area contributed by atoms with Crippen LogP contribution in [0.3, 0.4) is 0 Å². The Morgan fingerprint density at radius 1 is 1.47 bits per heavy atom. The van der Waals surface area contributed by atoms with E-state index in [4.69, 9.17) is 0 Å². The van der Waals surface area contributed by atoms with Crippen molar-refractivity contribution in [3.8, 4) is 0 Å². The van der Waals surface area contributed by atoms with Gasteiger partial charge in [-0.3, -0.25) is 9.48 Å². The summed E-state index contributed by atoms with van der Waals surface area (Å²) in [6, 6.07) is 0. The molecule has 0 aromatic carbocycles. The van der Waals surface area contributed by atoms with Gasteiger partial charge in [0.2, 0.25) is 0 Å². The molecule has 0 aliphatic heterocycles. The molecule has 0 saturated heterocycles. The van der Waals surface area contributed by atoms with E-state index < -0.39 is 0 Å². The summed E-state index contributed by atoms with van der Waals surface area (Å²) in [6.07, 6.45) is 7.05. The third-order valence-electron chi connectivity index (χ3n) is 3.55. The van der Waals surface area contributed by atoms with Crippen LogP contribution in [0.25, 0.3) is 0 Å². The van der Waals surface area contributed by atoms with E-state index in [9.17, 15) is 4.79 Å². The lowest BCUT2D eigenvalue weighted by Crippen LogP contribution is -2.09. The van der Waals surface area contributed by atoms with Gasteiger partial charge < -0.3 is 0 Å². The summed E-state index contributed by atoms with van der Waals surface area (Å²) in [5.74, 6) is 0.778. The molecule has 0 spiro atoms. The van der Waals surface area contributed by atoms with Crippen molar-refractivity contribution in [3.05, 3.63) is 17.5 Å². The molecule has 1 aromatic rings. The molecule has 0 aliphatic carbocycles. The Morgan fingerprint density at radius 2 is 2.18 bits per heavy atom. The molecule has 17 heavy (non-hydrogen) atoms. The first-order chi connectivity index (χ1) is 8.10. The van der Waals surface area contributed by atoms with Gasteiger partial charge in [0.1, 0.15) is 0 Å². The van der Waals surface area contributed by atoms with Crippen molar-refractivity contribution in [2.24, 2.45) is 13.0 Å². The smallest absolute Gasteiger partial charge is 0.166 e. The maximum Gasteiger partial charge on any atom is 0.166 e. The number of aryl methyl sites for hydroxylation is 1. The van der Waals surface area contributed by atoms with Gasteiger partial charge in [-0.1, -0.05) is 39.5 Å². The van der Waals surface area contributed by atoms with E-state index in [1.54, 1.807) is 10.9 Å². The number of ketones is 1. The van der Waals surface area contributed by atoms with Crippen LogP contribution >= 0.6 is 0 Å². The van der Waals surface area contributed by atoms with Crippen LogP contribution in [0, 0.1) is 12.8 Å². The standard InChI is InChI=1S/C14H24N2O/c1-5-7-8-12(6-2)9-14(17)13-10-15-16(4)11(13)3/h10,12H,5-9H2,1-4H3. The second-order valence-corrected chi connectivity index (χ2v) is 4.81. The van der Waals surface area contributed by atoms with Gasteiger partial charge in [-0.25, -0.2) is 0 Å². The number of aromatic nitrogens is 2. The van der Waals surface area contributed by atoms with Crippen LogP contribution in [0.1, 0.15) is 62.0 Å². The monoisotopic (exact) mass is 236 g/mol. The number of Topliss-reactive ketones (excluding diaryl/α,β-unsaturated/α-hetero) is 1. The maximum absolute atomic E-state index is 12.2. The van der Waals surface area contributed by atoms with Gasteiger partial charge in [-0.05, 0) is 12.8 Å². The first-order valence-corrected chi connectivity index (χ1v) is 6.61. The van der Waals surface area contributed by atoms with E-state index in [0.717, 1.165) is 24.1 Å². The molecule has 1 aromatic heterocycles. The lowest BCUT2D eigenvalue weighted by Gasteiger charge is -2.13. The number of carbonyl (C=O) groups excluding carboxylic acids is 1. The highest BCUT2D eigenvalue weighted by Gasteiger charge is 2.17. The summed E-state index contributed by atoms with van der Waals surface area (Å²) < 4.78 is 1.76. The van der Waals surface area contributed by atoms with E-state index in [1.807, 2.05) is 14.0 Å². The third kappa shape index (κ3) is 3.69. The summed E-state index contributed by atoms with van der Waals surface area (Å²) in [7, 11) is 1.88. The van der Waals surface area contributed by atoms with Gasteiger partial charge >= 0.3 is 0 Å². The van der Waals surface area contributed by atoms with E-state index in [-0.39, 0.29) is 5.78 Å². The SMILES string of the molecule is CCCCC(CC)CC(=O)c1cnn(C)c1C. The van der Waals surface area contributed by atoms with Gasteiger partial charge in [0.05, 0.1) is 11.8 Å². The average molecular weight is 236 g/mol. The summed E-state index contributed by atoms with van der Waals surface area (Å²) >= 11 is 0. The lowest BCUT2D eigenvalue weighted by molar-refractivity contribution is 0.0956. The Bertz CT molecular complexity index is 368. The highest BCUT2D eigenvalue weighted by molar-refractivity contribution is 5.97. The van der Waals surface area contributed by atoms with E-state index >= 15 is 0 Å². The molecular formula is C14H24N2O. The van der Waals surface area contributed by atoms with E-state index in [2.05, 4.69) is 18.9 Å². The summed E-state index contributed by atoms with van der Waals surface area (Å²) in [5, 5.41) is 4.13. The molecule has 0 N–H and O–H groups in total. The normalized spacial score (nSPS) is 12.7. The highest BCUT2D eigenvalue weighted by Crippen LogP contribution is 2.20. The first-order valence-electron chi connectivity index (χ1n) is 6.61. The molecule has 1 heterocycles. The van der Waals surface area contributed by atoms with Gasteiger partial charge in [-0.2, -0.15) is 5.10 Å².